The first kappa shape index (κ1) is 19.8. The lowest BCUT2D eigenvalue weighted by atomic mass is 9.78. The molecule has 2 aromatic carbocycles. The Morgan fingerprint density at radius 3 is 2.10 bits per heavy atom. The van der Waals surface area contributed by atoms with E-state index in [-0.39, 0.29) is 17.8 Å². The second-order valence-electron chi connectivity index (χ2n) is 7.73. The monoisotopic (exact) mass is 402 g/mol. The normalized spacial score (nSPS) is 11.5. The van der Waals surface area contributed by atoms with Gasteiger partial charge in [-0.25, -0.2) is 9.37 Å². The maximum atomic E-state index is 14.7. The predicted molar refractivity (Wildman–Crippen MR) is 113 cm³/mol. The number of ether oxygens (including phenoxy) is 1. The molecule has 4 aromatic rings. The van der Waals surface area contributed by atoms with Crippen LogP contribution in [0.3, 0.4) is 0 Å². The van der Waals surface area contributed by atoms with Crippen molar-refractivity contribution in [1.29, 1.82) is 0 Å². The van der Waals surface area contributed by atoms with Crippen LogP contribution in [-0.2, 0) is 12.0 Å². The maximum Gasteiger partial charge on any atom is 0.210 e. The fraction of sp³-hybridized carbons (Fsp3) is 0.208. The number of benzene rings is 2. The Labute approximate surface area is 175 Å². The van der Waals surface area contributed by atoms with E-state index in [1.807, 2.05) is 12.1 Å². The summed E-state index contributed by atoms with van der Waals surface area (Å²) in [5.41, 5.74) is 3.94. The van der Waals surface area contributed by atoms with Crippen molar-refractivity contribution in [3.63, 3.8) is 0 Å². The standard InChI is InChI=1S/C24H23FN4O/c1-17-4-6-19(7-5-17)24(2,3)20-8-10-21(11-9-20)30-16-18-12-13-26-23(22(18)25)29-27-14-15-28-29/h4-15H,16H2,1-3H3. The SMILES string of the molecule is Cc1ccc(C(C)(C)c2ccc(OCc3ccnc(-n4nccn4)c3F)cc2)cc1. The number of halogens is 1. The minimum atomic E-state index is -0.495. The molecule has 0 saturated carbocycles. The summed E-state index contributed by atoms with van der Waals surface area (Å²) in [6.45, 7) is 6.57. The number of rotatable bonds is 6. The summed E-state index contributed by atoms with van der Waals surface area (Å²) in [5.74, 6) is 0.232. The van der Waals surface area contributed by atoms with Crippen LogP contribution in [0.2, 0.25) is 0 Å². The Morgan fingerprint density at radius 2 is 1.47 bits per heavy atom. The van der Waals surface area contributed by atoms with Crippen molar-refractivity contribution >= 4 is 0 Å². The van der Waals surface area contributed by atoms with Crippen molar-refractivity contribution in [1.82, 2.24) is 20.0 Å². The van der Waals surface area contributed by atoms with Gasteiger partial charge in [0.15, 0.2) is 5.82 Å². The lowest BCUT2D eigenvalue weighted by molar-refractivity contribution is 0.299. The molecule has 4 rings (SSSR count). The van der Waals surface area contributed by atoms with Gasteiger partial charge in [0.05, 0.1) is 12.4 Å². The predicted octanol–water partition coefficient (Wildman–Crippen LogP) is 5.01. The lowest BCUT2D eigenvalue weighted by Gasteiger charge is -2.26. The highest BCUT2D eigenvalue weighted by Gasteiger charge is 2.23. The topological polar surface area (TPSA) is 52.8 Å². The molecule has 0 amide bonds. The number of hydrogen-bond acceptors (Lipinski definition) is 4. The number of pyridine rings is 1. The van der Waals surface area contributed by atoms with Gasteiger partial charge in [-0.3, -0.25) is 0 Å². The van der Waals surface area contributed by atoms with E-state index in [1.54, 1.807) is 6.07 Å². The molecule has 0 atom stereocenters. The second kappa shape index (κ2) is 8.06. The van der Waals surface area contributed by atoms with E-state index < -0.39 is 5.82 Å². The van der Waals surface area contributed by atoms with Crippen LogP contribution in [0.5, 0.6) is 5.75 Å². The maximum absolute atomic E-state index is 14.7. The summed E-state index contributed by atoms with van der Waals surface area (Å²) in [6.07, 6.45) is 4.47. The number of hydrogen-bond donors (Lipinski definition) is 0. The first-order chi connectivity index (χ1) is 14.4. The van der Waals surface area contributed by atoms with Gasteiger partial charge in [0.2, 0.25) is 5.82 Å². The van der Waals surface area contributed by atoms with E-state index in [9.17, 15) is 4.39 Å². The third-order valence-corrected chi connectivity index (χ3v) is 5.30. The molecule has 0 aliphatic rings. The Morgan fingerprint density at radius 1 is 0.867 bits per heavy atom. The van der Waals surface area contributed by atoms with E-state index >= 15 is 0 Å². The van der Waals surface area contributed by atoms with Gasteiger partial charge in [-0.2, -0.15) is 10.2 Å². The zero-order valence-corrected chi connectivity index (χ0v) is 17.2. The van der Waals surface area contributed by atoms with E-state index in [2.05, 4.69) is 72.4 Å². The summed E-state index contributed by atoms with van der Waals surface area (Å²) in [6, 6.07) is 18.1. The van der Waals surface area contributed by atoms with Crippen molar-refractivity contribution in [3.8, 4) is 11.6 Å². The van der Waals surface area contributed by atoms with Crippen LogP contribution in [-0.4, -0.2) is 20.0 Å². The van der Waals surface area contributed by atoms with Crippen molar-refractivity contribution in [2.24, 2.45) is 0 Å². The smallest absolute Gasteiger partial charge is 0.210 e. The van der Waals surface area contributed by atoms with Gasteiger partial charge in [-0.1, -0.05) is 55.8 Å². The molecule has 30 heavy (non-hydrogen) atoms. The third-order valence-electron chi connectivity index (χ3n) is 5.30. The highest BCUT2D eigenvalue weighted by Crippen LogP contribution is 2.32. The minimum Gasteiger partial charge on any atom is -0.489 e. The minimum absolute atomic E-state index is 0.0521. The van der Waals surface area contributed by atoms with Gasteiger partial charge < -0.3 is 4.74 Å². The largest absolute Gasteiger partial charge is 0.489 e. The van der Waals surface area contributed by atoms with Crippen molar-refractivity contribution in [3.05, 3.63) is 101 Å². The molecule has 0 spiro atoms. The van der Waals surface area contributed by atoms with Gasteiger partial charge in [-0.15, -0.1) is 4.80 Å². The molecule has 0 aliphatic heterocycles. The molecule has 0 saturated heterocycles. The molecule has 0 bridgehead atoms. The molecule has 0 N–H and O–H groups in total. The summed E-state index contributed by atoms with van der Waals surface area (Å²) in [5, 5.41) is 7.86. The third kappa shape index (κ3) is 3.94. The zero-order chi connectivity index (χ0) is 21.1. The summed E-state index contributed by atoms with van der Waals surface area (Å²) in [7, 11) is 0. The van der Waals surface area contributed by atoms with Gasteiger partial charge in [0, 0.05) is 17.2 Å². The molecule has 5 nitrogen and oxygen atoms in total. The van der Waals surface area contributed by atoms with E-state index in [4.69, 9.17) is 4.74 Å². The number of nitrogens with zero attached hydrogens (tertiary/aromatic N) is 4. The summed E-state index contributed by atoms with van der Waals surface area (Å²) in [4.78, 5) is 5.17. The molecule has 2 heterocycles. The van der Waals surface area contributed by atoms with Crippen molar-refractivity contribution in [2.75, 3.05) is 0 Å². The zero-order valence-electron chi connectivity index (χ0n) is 17.2. The Kier molecular flexibility index (Phi) is 5.31. The fourth-order valence-electron chi connectivity index (χ4n) is 3.31. The van der Waals surface area contributed by atoms with Gasteiger partial charge in [0.1, 0.15) is 12.4 Å². The van der Waals surface area contributed by atoms with Crippen LogP contribution in [0, 0.1) is 12.7 Å². The molecule has 0 aliphatic carbocycles. The van der Waals surface area contributed by atoms with Crippen LogP contribution in [0.15, 0.2) is 73.2 Å². The summed E-state index contributed by atoms with van der Waals surface area (Å²) < 4.78 is 20.5. The highest BCUT2D eigenvalue weighted by molar-refractivity contribution is 5.41. The molecule has 0 unspecified atom stereocenters. The first-order valence-corrected chi connectivity index (χ1v) is 9.76. The second-order valence-corrected chi connectivity index (χ2v) is 7.73. The molecule has 0 radical (unpaired) electrons. The van der Waals surface area contributed by atoms with Crippen LogP contribution < -0.4 is 4.74 Å². The Bertz CT molecular complexity index is 1120. The van der Waals surface area contributed by atoms with Crippen LogP contribution in [0.1, 0.15) is 36.1 Å². The molecule has 2 aromatic heterocycles. The summed E-state index contributed by atoms with van der Waals surface area (Å²) >= 11 is 0. The average Bonchev–Trinajstić information content (AvgIpc) is 3.28. The highest BCUT2D eigenvalue weighted by atomic mass is 19.1. The van der Waals surface area contributed by atoms with E-state index in [0.29, 0.717) is 11.3 Å². The number of aryl methyl sites for hydroxylation is 1. The molecular formula is C24H23FN4O. The van der Waals surface area contributed by atoms with E-state index in [0.717, 1.165) is 4.80 Å². The first-order valence-electron chi connectivity index (χ1n) is 9.76. The van der Waals surface area contributed by atoms with Gasteiger partial charge >= 0.3 is 0 Å². The molecule has 6 heteroatoms. The molecule has 0 fully saturated rings. The van der Waals surface area contributed by atoms with Gasteiger partial charge in [0.25, 0.3) is 0 Å². The van der Waals surface area contributed by atoms with Crippen LogP contribution in [0.4, 0.5) is 4.39 Å². The van der Waals surface area contributed by atoms with Crippen LogP contribution in [0.25, 0.3) is 5.82 Å². The molecular weight excluding hydrogens is 379 g/mol. The molecule has 152 valence electrons. The fourth-order valence-corrected chi connectivity index (χ4v) is 3.31. The van der Waals surface area contributed by atoms with Crippen LogP contribution >= 0.6 is 0 Å². The Balaban J connectivity index is 1.48. The quantitative estimate of drug-likeness (QED) is 0.455. The average molecular weight is 402 g/mol. The number of aromatic nitrogens is 4. The van der Waals surface area contributed by atoms with Crippen molar-refractivity contribution in [2.45, 2.75) is 32.8 Å². The van der Waals surface area contributed by atoms with E-state index in [1.165, 1.54) is 35.3 Å². The lowest BCUT2D eigenvalue weighted by Crippen LogP contribution is -2.18. The van der Waals surface area contributed by atoms with Gasteiger partial charge in [-0.05, 0) is 36.2 Å². The Hall–Kier alpha value is -3.54. The van der Waals surface area contributed by atoms with Crippen molar-refractivity contribution < 1.29 is 9.13 Å².